The third kappa shape index (κ3) is 3.49. The Morgan fingerprint density at radius 1 is 0.958 bits per heavy atom. The summed E-state index contributed by atoms with van der Waals surface area (Å²) in [5.74, 6) is -0.0514. The quantitative estimate of drug-likeness (QED) is 0.732. The summed E-state index contributed by atoms with van der Waals surface area (Å²) in [6.45, 7) is 4.59. The van der Waals surface area contributed by atoms with E-state index in [0.29, 0.717) is 12.1 Å². The monoisotopic (exact) mass is 317 g/mol. The number of aryl methyl sites for hydroxylation is 2. The molecule has 4 nitrogen and oxygen atoms in total. The molecule has 3 rings (SSSR count). The lowest BCUT2D eigenvalue weighted by Crippen LogP contribution is -2.30. The van der Waals surface area contributed by atoms with Gasteiger partial charge in [0.2, 0.25) is 0 Å². The number of anilines is 1. The van der Waals surface area contributed by atoms with Gasteiger partial charge in [-0.3, -0.25) is 14.8 Å². The number of hydrogen-bond donors (Lipinski definition) is 0. The van der Waals surface area contributed by atoms with Crippen molar-refractivity contribution in [2.24, 2.45) is 0 Å². The van der Waals surface area contributed by atoms with Crippen molar-refractivity contribution in [3.8, 4) is 0 Å². The molecule has 0 spiro atoms. The van der Waals surface area contributed by atoms with Crippen LogP contribution in [0.1, 0.15) is 27.0 Å². The van der Waals surface area contributed by atoms with Crippen molar-refractivity contribution in [2.75, 3.05) is 4.90 Å². The molecule has 0 N–H and O–H groups in total. The van der Waals surface area contributed by atoms with E-state index >= 15 is 0 Å². The molecule has 0 radical (unpaired) electrons. The molecule has 1 aromatic carbocycles. The van der Waals surface area contributed by atoms with Crippen LogP contribution in [0.4, 0.5) is 5.69 Å². The number of hydrogen-bond acceptors (Lipinski definition) is 3. The highest BCUT2D eigenvalue weighted by atomic mass is 16.2. The first-order valence-electron chi connectivity index (χ1n) is 7.83. The van der Waals surface area contributed by atoms with Crippen LogP contribution < -0.4 is 4.90 Å². The van der Waals surface area contributed by atoms with Gasteiger partial charge in [-0.05, 0) is 60.9 Å². The van der Waals surface area contributed by atoms with E-state index in [1.165, 1.54) is 5.56 Å². The molecule has 0 aliphatic rings. The lowest BCUT2D eigenvalue weighted by molar-refractivity contribution is 0.0985. The van der Waals surface area contributed by atoms with E-state index in [1.54, 1.807) is 41.8 Å². The number of pyridine rings is 2. The maximum atomic E-state index is 13.0. The molecule has 0 saturated carbocycles. The Hall–Kier alpha value is -3.01. The largest absolute Gasteiger partial charge is 0.304 e. The third-order valence-corrected chi connectivity index (χ3v) is 4.04. The van der Waals surface area contributed by atoms with Crippen molar-refractivity contribution in [1.82, 2.24) is 9.97 Å². The standard InChI is InChI=1S/C20H19N3O/c1-15-5-6-19(12-16(15)2)23(14-17-4-3-9-22-13-17)20(24)18-7-10-21-11-8-18/h3-13H,14H2,1-2H3. The summed E-state index contributed by atoms with van der Waals surface area (Å²) >= 11 is 0. The van der Waals surface area contributed by atoms with E-state index in [0.717, 1.165) is 16.8 Å². The van der Waals surface area contributed by atoms with Gasteiger partial charge in [0.05, 0.1) is 6.54 Å². The molecule has 0 aliphatic heterocycles. The third-order valence-electron chi connectivity index (χ3n) is 4.04. The highest BCUT2D eigenvalue weighted by Crippen LogP contribution is 2.23. The van der Waals surface area contributed by atoms with E-state index in [4.69, 9.17) is 0 Å². The molecule has 3 aromatic rings. The van der Waals surface area contributed by atoms with Crippen LogP contribution in [0.3, 0.4) is 0 Å². The Balaban J connectivity index is 2.00. The topological polar surface area (TPSA) is 46.1 Å². The highest BCUT2D eigenvalue weighted by Gasteiger charge is 2.18. The fourth-order valence-electron chi connectivity index (χ4n) is 2.50. The number of carbonyl (C=O) groups is 1. The Bertz CT molecular complexity index is 832. The van der Waals surface area contributed by atoms with Crippen molar-refractivity contribution >= 4 is 11.6 Å². The predicted octanol–water partition coefficient (Wildman–Crippen LogP) is 3.94. The second kappa shape index (κ2) is 7.04. The molecule has 2 heterocycles. The number of carbonyl (C=O) groups excluding carboxylic acids is 1. The molecule has 0 saturated heterocycles. The minimum absolute atomic E-state index is 0.0514. The van der Waals surface area contributed by atoms with Crippen LogP contribution in [0.2, 0.25) is 0 Å². The van der Waals surface area contributed by atoms with Crippen molar-refractivity contribution in [3.63, 3.8) is 0 Å². The summed E-state index contributed by atoms with van der Waals surface area (Å²) < 4.78 is 0. The summed E-state index contributed by atoms with van der Waals surface area (Å²) in [7, 11) is 0. The van der Waals surface area contributed by atoms with Gasteiger partial charge in [-0.1, -0.05) is 12.1 Å². The van der Waals surface area contributed by atoms with Crippen molar-refractivity contribution in [3.05, 3.63) is 89.5 Å². The normalized spacial score (nSPS) is 10.4. The maximum Gasteiger partial charge on any atom is 0.258 e. The van der Waals surface area contributed by atoms with Gasteiger partial charge in [-0.25, -0.2) is 0 Å². The average Bonchev–Trinajstić information content (AvgIpc) is 2.63. The summed E-state index contributed by atoms with van der Waals surface area (Å²) in [5.41, 5.74) is 4.84. The first-order chi connectivity index (χ1) is 11.6. The van der Waals surface area contributed by atoms with Crippen LogP contribution >= 0.6 is 0 Å². The lowest BCUT2D eigenvalue weighted by atomic mass is 10.1. The SMILES string of the molecule is Cc1ccc(N(Cc2cccnc2)C(=O)c2ccncc2)cc1C. The van der Waals surface area contributed by atoms with E-state index in [1.807, 2.05) is 30.3 Å². The zero-order valence-corrected chi connectivity index (χ0v) is 13.8. The van der Waals surface area contributed by atoms with Crippen LogP contribution in [0, 0.1) is 13.8 Å². The van der Waals surface area contributed by atoms with Crippen molar-refractivity contribution in [2.45, 2.75) is 20.4 Å². The molecule has 24 heavy (non-hydrogen) atoms. The molecule has 0 unspecified atom stereocenters. The van der Waals surface area contributed by atoms with E-state index in [-0.39, 0.29) is 5.91 Å². The summed E-state index contributed by atoms with van der Waals surface area (Å²) in [4.78, 5) is 22.9. The number of rotatable bonds is 4. The van der Waals surface area contributed by atoms with Gasteiger partial charge in [-0.15, -0.1) is 0 Å². The fourth-order valence-corrected chi connectivity index (χ4v) is 2.50. The van der Waals surface area contributed by atoms with Crippen molar-refractivity contribution in [1.29, 1.82) is 0 Å². The highest BCUT2D eigenvalue weighted by molar-refractivity contribution is 6.06. The van der Waals surface area contributed by atoms with Gasteiger partial charge in [-0.2, -0.15) is 0 Å². The van der Waals surface area contributed by atoms with Gasteiger partial charge in [0.1, 0.15) is 0 Å². The van der Waals surface area contributed by atoms with E-state index in [9.17, 15) is 4.79 Å². The number of nitrogens with zero attached hydrogens (tertiary/aromatic N) is 3. The first kappa shape index (κ1) is 15.9. The summed E-state index contributed by atoms with van der Waals surface area (Å²) in [6.07, 6.45) is 6.79. The molecule has 0 aliphatic carbocycles. The average molecular weight is 317 g/mol. The number of aromatic nitrogens is 2. The molecule has 0 atom stereocenters. The Morgan fingerprint density at radius 2 is 1.75 bits per heavy atom. The minimum Gasteiger partial charge on any atom is -0.304 e. The van der Waals surface area contributed by atoms with Crippen LogP contribution in [-0.2, 0) is 6.54 Å². The molecule has 0 bridgehead atoms. The van der Waals surface area contributed by atoms with E-state index in [2.05, 4.69) is 23.8 Å². The van der Waals surface area contributed by atoms with Crippen molar-refractivity contribution < 1.29 is 4.79 Å². The molecular formula is C20H19N3O. The Morgan fingerprint density at radius 3 is 2.42 bits per heavy atom. The van der Waals surface area contributed by atoms with Gasteiger partial charge in [0.25, 0.3) is 5.91 Å². The van der Waals surface area contributed by atoms with Crippen LogP contribution in [-0.4, -0.2) is 15.9 Å². The number of amides is 1. The molecule has 120 valence electrons. The summed E-state index contributed by atoms with van der Waals surface area (Å²) in [6, 6.07) is 13.4. The molecule has 1 amide bonds. The molecule has 0 fully saturated rings. The molecular weight excluding hydrogens is 298 g/mol. The fraction of sp³-hybridized carbons (Fsp3) is 0.150. The van der Waals surface area contributed by atoms with E-state index < -0.39 is 0 Å². The minimum atomic E-state index is -0.0514. The second-order valence-electron chi connectivity index (χ2n) is 5.76. The smallest absolute Gasteiger partial charge is 0.258 e. The van der Waals surface area contributed by atoms with Gasteiger partial charge >= 0.3 is 0 Å². The maximum absolute atomic E-state index is 13.0. The van der Waals surface area contributed by atoms with Gasteiger partial charge < -0.3 is 4.90 Å². The zero-order chi connectivity index (χ0) is 16.9. The Kier molecular flexibility index (Phi) is 4.66. The number of benzene rings is 1. The second-order valence-corrected chi connectivity index (χ2v) is 5.76. The van der Waals surface area contributed by atoms with Crippen LogP contribution in [0.25, 0.3) is 0 Å². The summed E-state index contributed by atoms with van der Waals surface area (Å²) in [5, 5.41) is 0. The predicted molar refractivity (Wildman–Crippen MR) is 94.9 cm³/mol. The first-order valence-corrected chi connectivity index (χ1v) is 7.83. The lowest BCUT2D eigenvalue weighted by Gasteiger charge is -2.24. The Labute approximate surface area is 141 Å². The van der Waals surface area contributed by atoms with Gasteiger partial charge in [0.15, 0.2) is 0 Å². The van der Waals surface area contributed by atoms with Crippen LogP contribution in [0.15, 0.2) is 67.3 Å². The zero-order valence-electron chi connectivity index (χ0n) is 13.8. The molecule has 2 aromatic heterocycles. The molecule has 4 heteroatoms. The van der Waals surface area contributed by atoms with Gasteiger partial charge in [0, 0.05) is 36.0 Å². The van der Waals surface area contributed by atoms with Crippen LogP contribution in [0.5, 0.6) is 0 Å².